The minimum Gasteiger partial charge on any atom is -0.508 e. The number of esters is 2. The van der Waals surface area contributed by atoms with Crippen LogP contribution in [0.15, 0.2) is 42.5 Å². The van der Waals surface area contributed by atoms with E-state index in [-0.39, 0.29) is 5.75 Å². The maximum absolute atomic E-state index is 11.8. The van der Waals surface area contributed by atoms with Gasteiger partial charge in [-0.25, -0.2) is 0 Å². The van der Waals surface area contributed by atoms with E-state index in [1.165, 1.54) is 25.6 Å². The van der Waals surface area contributed by atoms with Crippen molar-refractivity contribution < 1.29 is 34.0 Å². The van der Waals surface area contributed by atoms with Gasteiger partial charge >= 0.3 is 11.9 Å². The number of aromatic hydroxyl groups is 1. The Kier molecular flexibility index (Phi) is 7.82. The van der Waals surface area contributed by atoms with E-state index in [1.54, 1.807) is 18.4 Å². The normalized spacial score (nSPS) is 25.2. The van der Waals surface area contributed by atoms with Crippen molar-refractivity contribution in [3.8, 4) is 5.75 Å². The number of carbonyl (C=O) groups excluding carboxylic acids is 2. The zero-order chi connectivity index (χ0) is 23.4. The molecule has 1 aliphatic heterocycles. The van der Waals surface area contributed by atoms with Gasteiger partial charge in [0.25, 0.3) is 0 Å². The maximum atomic E-state index is 11.8. The van der Waals surface area contributed by atoms with E-state index in [1.807, 2.05) is 37.3 Å². The van der Waals surface area contributed by atoms with Crippen LogP contribution in [0.5, 0.6) is 5.75 Å². The number of phenolic OH excluding ortho intramolecular Hbond substituents is 1. The fraction of sp³-hybridized carbons (Fsp3) is 0.417. The fourth-order valence-electron chi connectivity index (χ4n) is 3.82. The van der Waals surface area contributed by atoms with Crippen LogP contribution in [0.1, 0.15) is 42.2 Å². The molecule has 0 bridgehead atoms. The molecule has 7 nitrogen and oxygen atoms in total. The Hall–Kier alpha value is -2.55. The summed E-state index contributed by atoms with van der Waals surface area (Å²) in [5, 5.41) is 20.5. The highest BCUT2D eigenvalue weighted by Crippen LogP contribution is 2.39. The highest BCUT2D eigenvalue weighted by atomic mass is 32.2. The smallest absolute Gasteiger partial charge is 0.303 e. The molecule has 3 rings (SSSR count). The van der Waals surface area contributed by atoms with Crippen molar-refractivity contribution in [2.45, 2.75) is 57.0 Å². The third-order valence-corrected chi connectivity index (χ3v) is 6.23. The summed E-state index contributed by atoms with van der Waals surface area (Å²) < 4.78 is 16.9. The number of benzene rings is 2. The van der Waals surface area contributed by atoms with Crippen molar-refractivity contribution in [2.24, 2.45) is 0 Å². The van der Waals surface area contributed by atoms with Crippen LogP contribution in [0.4, 0.5) is 0 Å². The number of phenols is 1. The topological polar surface area (TPSA) is 102 Å². The third-order valence-electron chi connectivity index (χ3n) is 5.39. The summed E-state index contributed by atoms with van der Waals surface area (Å²) in [6.45, 7) is 4.52. The maximum Gasteiger partial charge on any atom is 0.303 e. The number of thioether (sulfide) groups is 1. The van der Waals surface area contributed by atoms with Gasteiger partial charge in [-0.2, -0.15) is 0 Å². The second-order valence-electron chi connectivity index (χ2n) is 7.83. The summed E-state index contributed by atoms with van der Waals surface area (Å²) in [6.07, 6.45) is -1.56. The van der Waals surface area contributed by atoms with Crippen LogP contribution in [-0.4, -0.2) is 52.2 Å². The monoisotopic (exact) mass is 460 g/mol. The summed E-state index contributed by atoms with van der Waals surface area (Å²) in [4.78, 5) is 23.3. The van der Waals surface area contributed by atoms with Crippen molar-refractivity contribution in [2.75, 3.05) is 6.26 Å². The van der Waals surface area contributed by atoms with Crippen LogP contribution in [-0.2, 0) is 30.2 Å². The molecule has 8 heteroatoms. The predicted octanol–water partition coefficient (Wildman–Crippen LogP) is 3.28. The Bertz CT molecular complexity index is 959. The average molecular weight is 461 g/mol. The Labute approximate surface area is 191 Å². The Morgan fingerprint density at radius 3 is 2.25 bits per heavy atom. The van der Waals surface area contributed by atoms with Gasteiger partial charge in [-0.15, -0.1) is 11.8 Å². The minimum atomic E-state index is -1.25. The molecule has 172 valence electrons. The number of carbonyl (C=O) groups is 2. The molecular formula is C24H28O7S. The summed E-state index contributed by atoms with van der Waals surface area (Å²) in [5.41, 5.74) is 3.25. The highest BCUT2D eigenvalue weighted by molar-refractivity contribution is 7.99. The van der Waals surface area contributed by atoms with Crippen LogP contribution in [0, 0.1) is 6.92 Å². The van der Waals surface area contributed by atoms with E-state index in [0.29, 0.717) is 6.42 Å². The molecule has 0 unspecified atom stereocenters. The summed E-state index contributed by atoms with van der Waals surface area (Å²) >= 11 is 1.31. The molecule has 5 atom stereocenters. The second-order valence-corrected chi connectivity index (χ2v) is 8.76. The standard InChI is InChI=1S/C24H28O7S/c1-13-5-8-17(12-18(13)11-16-6-9-19(27)10-7-16)21-22(29-14(2)25)20(28)23(30-15(3)26)24(31-21)32-4/h5-10,12,20-24,27-28H,11H2,1-4H3/t20-,21+,22-,23+,24-/m1/s1. The van der Waals surface area contributed by atoms with Gasteiger partial charge in [0.05, 0.1) is 0 Å². The Balaban J connectivity index is 1.95. The molecule has 1 saturated heterocycles. The lowest BCUT2D eigenvalue weighted by molar-refractivity contribution is -0.224. The lowest BCUT2D eigenvalue weighted by atomic mass is 9.90. The van der Waals surface area contributed by atoms with E-state index in [2.05, 4.69) is 0 Å². The molecule has 0 amide bonds. The molecule has 1 fully saturated rings. The Morgan fingerprint density at radius 2 is 1.66 bits per heavy atom. The van der Waals surface area contributed by atoms with Crippen LogP contribution < -0.4 is 0 Å². The van der Waals surface area contributed by atoms with E-state index >= 15 is 0 Å². The SMILES string of the molecule is CS[C@H]1O[C@@H](c2ccc(C)c(Cc3ccc(O)cc3)c2)[C@H](OC(C)=O)[C@@H](O)[C@@H]1OC(C)=O. The number of aliphatic hydroxyl groups is 1. The average Bonchev–Trinajstić information content (AvgIpc) is 2.74. The molecular weight excluding hydrogens is 432 g/mol. The first-order valence-corrected chi connectivity index (χ1v) is 11.6. The van der Waals surface area contributed by atoms with E-state index in [9.17, 15) is 19.8 Å². The van der Waals surface area contributed by atoms with Gasteiger partial charge in [0.1, 0.15) is 23.4 Å². The van der Waals surface area contributed by atoms with Gasteiger partial charge in [0.2, 0.25) is 0 Å². The van der Waals surface area contributed by atoms with Crippen LogP contribution in [0.2, 0.25) is 0 Å². The third kappa shape index (κ3) is 5.62. The van der Waals surface area contributed by atoms with Crippen LogP contribution in [0.25, 0.3) is 0 Å². The number of aliphatic hydroxyl groups excluding tert-OH is 1. The first-order valence-electron chi connectivity index (χ1n) is 10.3. The molecule has 2 aromatic carbocycles. The second kappa shape index (κ2) is 10.4. The Morgan fingerprint density at radius 1 is 1.03 bits per heavy atom. The number of hydrogen-bond acceptors (Lipinski definition) is 8. The van der Waals surface area contributed by atoms with E-state index < -0.39 is 41.8 Å². The molecule has 0 aromatic heterocycles. The molecule has 0 aliphatic carbocycles. The summed E-state index contributed by atoms with van der Waals surface area (Å²) in [6, 6.07) is 12.8. The van der Waals surface area contributed by atoms with E-state index in [0.717, 1.165) is 22.3 Å². The van der Waals surface area contributed by atoms with Crippen LogP contribution >= 0.6 is 11.8 Å². The van der Waals surface area contributed by atoms with Gasteiger partial charge in [0.15, 0.2) is 12.2 Å². The lowest BCUT2D eigenvalue weighted by Gasteiger charge is -2.43. The molecule has 0 radical (unpaired) electrons. The van der Waals surface area contributed by atoms with Gasteiger partial charge in [-0.3, -0.25) is 9.59 Å². The zero-order valence-corrected chi connectivity index (χ0v) is 19.3. The van der Waals surface area contributed by atoms with Gasteiger partial charge in [0, 0.05) is 13.8 Å². The summed E-state index contributed by atoms with van der Waals surface area (Å²) in [7, 11) is 0. The number of rotatable bonds is 6. The first-order chi connectivity index (χ1) is 15.2. The molecule has 1 heterocycles. The number of hydrogen-bond donors (Lipinski definition) is 2. The first kappa shape index (κ1) is 24.1. The lowest BCUT2D eigenvalue weighted by Crippen LogP contribution is -2.55. The predicted molar refractivity (Wildman–Crippen MR) is 120 cm³/mol. The van der Waals surface area contributed by atoms with E-state index in [4.69, 9.17) is 14.2 Å². The quantitative estimate of drug-likeness (QED) is 0.634. The van der Waals surface area contributed by atoms with Gasteiger partial charge in [-0.05, 0) is 54.0 Å². The number of aryl methyl sites for hydroxylation is 1. The molecule has 2 N–H and O–H groups in total. The molecule has 32 heavy (non-hydrogen) atoms. The highest BCUT2D eigenvalue weighted by Gasteiger charge is 2.49. The van der Waals surface area contributed by atoms with Crippen molar-refractivity contribution in [1.29, 1.82) is 0 Å². The largest absolute Gasteiger partial charge is 0.508 e. The van der Waals surface area contributed by atoms with Crippen molar-refractivity contribution >= 4 is 23.7 Å². The van der Waals surface area contributed by atoms with Gasteiger partial charge in [-0.1, -0.05) is 30.3 Å². The molecule has 0 spiro atoms. The van der Waals surface area contributed by atoms with Crippen molar-refractivity contribution in [3.63, 3.8) is 0 Å². The zero-order valence-electron chi connectivity index (χ0n) is 18.5. The molecule has 2 aromatic rings. The minimum absolute atomic E-state index is 0.207. The van der Waals surface area contributed by atoms with Crippen molar-refractivity contribution in [3.05, 3.63) is 64.7 Å². The number of ether oxygens (including phenoxy) is 3. The molecule has 0 saturated carbocycles. The van der Waals surface area contributed by atoms with Crippen LogP contribution in [0.3, 0.4) is 0 Å². The van der Waals surface area contributed by atoms with Crippen molar-refractivity contribution in [1.82, 2.24) is 0 Å². The fourth-order valence-corrected chi connectivity index (χ4v) is 4.53. The van der Waals surface area contributed by atoms with Gasteiger partial charge < -0.3 is 24.4 Å². The summed E-state index contributed by atoms with van der Waals surface area (Å²) in [5.74, 6) is -0.912. The molecule has 1 aliphatic rings.